The highest BCUT2D eigenvalue weighted by Gasteiger charge is 2.35. The number of carbonyl (C=O) groups is 1. The Hall–Kier alpha value is -3.71. The van der Waals surface area contributed by atoms with Gasteiger partial charge in [-0.15, -0.1) is 0 Å². The molecule has 2 atom stereocenters. The van der Waals surface area contributed by atoms with Crippen molar-refractivity contribution in [2.24, 2.45) is 0 Å². The number of amides is 1. The smallest absolute Gasteiger partial charge is 0.251 e. The Labute approximate surface area is 193 Å². The molecule has 1 aliphatic heterocycles. The van der Waals surface area contributed by atoms with Crippen LogP contribution in [0.3, 0.4) is 0 Å². The van der Waals surface area contributed by atoms with Crippen LogP contribution in [0.15, 0.2) is 71.3 Å². The van der Waals surface area contributed by atoms with Gasteiger partial charge in [0.05, 0.1) is 6.04 Å². The molecule has 0 radical (unpaired) electrons. The lowest BCUT2D eigenvalue weighted by Crippen LogP contribution is -2.36. The maximum atomic E-state index is 12.7. The lowest BCUT2D eigenvalue weighted by atomic mass is 10.1. The van der Waals surface area contributed by atoms with Crippen molar-refractivity contribution in [3.05, 3.63) is 78.2 Å². The minimum absolute atomic E-state index is 0.0112. The normalized spacial score (nSPS) is 18.5. The third-order valence-electron chi connectivity index (χ3n) is 6.26. The molecule has 5 rings (SSSR count). The number of likely N-dealkylation sites (tertiary alicyclic amines) is 1. The molecule has 1 N–H and O–H groups in total. The fourth-order valence-electron chi connectivity index (χ4n) is 4.39. The highest BCUT2D eigenvalue weighted by atomic mass is 16.5. The zero-order chi connectivity index (χ0) is 22.9. The average Bonchev–Trinajstić information content (AvgIpc) is 3.45. The number of nitrogens with one attached hydrogen (secondary N) is 1. The van der Waals surface area contributed by atoms with E-state index in [1.807, 2.05) is 68.5 Å². The molecule has 0 spiro atoms. The Kier molecular flexibility index (Phi) is 5.56. The first-order chi connectivity index (χ1) is 16.0. The van der Waals surface area contributed by atoms with E-state index in [4.69, 9.17) is 4.52 Å². The van der Waals surface area contributed by atoms with Crippen LogP contribution in [-0.2, 0) is 0 Å². The van der Waals surface area contributed by atoms with Gasteiger partial charge in [0, 0.05) is 43.5 Å². The molecule has 4 aromatic rings. The number of hydrogen-bond donors (Lipinski definition) is 1. The summed E-state index contributed by atoms with van der Waals surface area (Å²) in [6.45, 7) is 0.722. The van der Waals surface area contributed by atoms with Crippen molar-refractivity contribution < 1.29 is 9.32 Å². The Balaban J connectivity index is 1.27. The summed E-state index contributed by atoms with van der Waals surface area (Å²) in [6.07, 6.45) is 0.720. The number of fused-ring (bicyclic) bond motifs is 1. The number of carbonyl (C=O) groups excluding carboxylic acids is 1. The quantitative estimate of drug-likeness (QED) is 0.502. The minimum Gasteiger partial charge on any atom is -0.378 e. The van der Waals surface area contributed by atoms with Crippen molar-refractivity contribution in [2.45, 2.75) is 18.5 Å². The van der Waals surface area contributed by atoms with Gasteiger partial charge >= 0.3 is 0 Å². The van der Waals surface area contributed by atoms with E-state index in [0.717, 1.165) is 29.6 Å². The molecular weight excluding hydrogens is 414 g/mol. The van der Waals surface area contributed by atoms with Crippen molar-refractivity contribution in [1.82, 2.24) is 20.4 Å². The zero-order valence-electron chi connectivity index (χ0n) is 19.0. The van der Waals surface area contributed by atoms with E-state index in [2.05, 4.69) is 44.6 Å². The summed E-state index contributed by atoms with van der Waals surface area (Å²) in [5, 5.41) is 9.69. The molecule has 7 heteroatoms. The van der Waals surface area contributed by atoms with Crippen molar-refractivity contribution >= 4 is 22.4 Å². The summed E-state index contributed by atoms with van der Waals surface area (Å²) < 4.78 is 5.64. The molecule has 1 saturated heterocycles. The third kappa shape index (κ3) is 4.32. The first kappa shape index (κ1) is 21.2. The number of likely N-dealkylation sites (N-methyl/N-ethyl adjacent to an activating group) is 1. The lowest BCUT2D eigenvalue weighted by Gasteiger charge is -2.15. The summed E-state index contributed by atoms with van der Waals surface area (Å²) in [4.78, 5) is 21.6. The number of anilines is 1. The van der Waals surface area contributed by atoms with Gasteiger partial charge in [0.15, 0.2) is 0 Å². The van der Waals surface area contributed by atoms with E-state index in [-0.39, 0.29) is 18.0 Å². The van der Waals surface area contributed by atoms with Crippen LogP contribution in [0, 0.1) is 0 Å². The van der Waals surface area contributed by atoms with Crippen molar-refractivity contribution in [3.8, 4) is 11.4 Å². The molecule has 1 amide bonds. The number of nitrogens with zero attached hydrogens (tertiary/aromatic N) is 4. The Bertz CT molecular complexity index is 1280. The fraction of sp³-hybridized carbons (Fsp3) is 0.269. The van der Waals surface area contributed by atoms with Crippen LogP contribution < -0.4 is 10.2 Å². The number of benzene rings is 3. The summed E-state index contributed by atoms with van der Waals surface area (Å²) in [5.41, 5.74) is 2.64. The maximum absolute atomic E-state index is 12.7. The monoisotopic (exact) mass is 441 g/mol. The summed E-state index contributed by atoms with van der Waals surface area (Å²) in [5.74, 6) is 1.09. The molecule has 2 heterocycles. The molecule has 168 valence electrons. The molecule has 3 aromatic carbocycles. The predicted octanol–water partition coefficient (Wildman–Crippen LogP) is 4.13. The fourth-order valence-corrected chi connectivity index (χ4v) is 4.39. The minimum atomic E-state index is -0.0678. The van der Waals surface area contributed by atoms with Gasteiger partial charge < -0.3 is 14.7 Å². The standard InChI is InChI=1S/C26H27N5O2/c1-30(2)22-12-10-18(11-13-22)25(32)27-21-15-23(31(3)16-21)26-28-24(29-33-26)20-9-8-17-6-4-5-7-19(17)14-20/h4-14,21,23H,15-16H2,1-3H3,(H,27,32). The Morgan fingerprint density at radius 3 is 2.58 bits per heavy atom. The second-order valence-electron chi connectivity index (χ2n) is 8.82. The second-order valence-corrected chi connectivity index (χ2v) is 8.82. The summed E-state index contributed by atoms with van der Waals surface area (Å²) in [6, 6.07) is 22.0. The van der Waals surface area contributed by atoms with Gasteiger partial charge in [-0.2, -0.15) is 4.98 Å². The van der Waals surface area contributed by atoms with E-state index in [1.165, 1.54) is 5.39 Å². The highest BCUT2D eigenvalue weighted by Crippen LogP contribution is 2.31. The Morgan fingerprint density at radius 2 is 1.82 bits per heavy atom. The summed E-state index contributed by atoms with van der Waals surface area (Å²) >= 11 is 0. The first-order valence-corrected chi connectivity index (χ1v) is 11.1. The highest BCUT2D eigenvalue weighted by molar-refractivity contribution is 5.94. The van der Waals surface area contributed by atoms with Gasteiger partial charge in [-0.05, 0) is 54.6 Å². The number of hydrogen-bond acceptors (Lipinski definition) is 6. The van der Waals surface area contributed by atoms with Crippen LogP contribution in [0.1, 0.15) is 28.7 Å². The van der Waals surface area contributed by atoms with Crippen LogP contribution in [0.5, 0.6) is 0 Å². The van der Waals surface area contributed by atoms with Crippen LogP contribution in [0.25, 0.3) is 22.2 Å². The van der Waals surface area contributed by atoms with Crippen LogP contribution >= 0.6 is 0 Å². The van der Waals surface area contributed by atoms with Crippen LogP contribution in [0.4, 0.5) is 5.69 Å². The first-order valence-electron chi connectivity index (χ1n) is 11.1. The summed E-state index contributed by atoms with van der Waals surface area (Å²) in [7, 11) is 5.97. The molecule has 7 nitrogen and oxygen atoms in total. The van der Waals surface area contributed by atoms with E-state index < -0.39 is 0 Å². The molecule has 1 aromatic heterocycles. The molecular formula is C26H27N5O2. The van der Waals surface area contributed by atoms with Gasteiger partial charge in [-0.1, -0.05) is 41.6 Å². The van der Waals surface area contributed by atoms with E-state index >= 15 is 0 Å². The molecule has 2 unspecified atom stereocenters. The molecule has 0 bridgehead atoms. The van der Waals surface area contributed by atoms with Gasteiger partial charge in [-0.3, -0.25) is 9.69 Å². The largest absolute Gasteiger partial charge is 0.378 e. The van der Waals surface area contributed by atoms with Gasteiger partial charge in [0.1, 0.15) is 0 Å². The third-order valence-corrected chi connectivity index (χ3v) is 6.26. The van der Waals surface area contributed by atoms with Crippen molar-refractivity contribution in [1.29, 1.82) is 0 Å². The SMILES string of the molecule is CN(C)c1ccc(C(=O)NC2CC(c3nc(-c4ccc5ccccc5c4)no3)N(C)C2)cc1. The van der Waals surface area contributed by atoms with E-state index in [9.17, 15) is 4.79 Å². The Morgan fingerprint density at radius 1 is 1.06 bits per heavy atom. The van der Waals surface area contributed by atoms with Gasteiger partial charge in [0.25, 0.3) is 5.91 Å². The molecule has 33 heavy (non-hydrogen) atoms. The zero-order valence-corrected chi connectivity index (χ0v) is 19.0. The van der Waals surface area contributed by atoms with Crippen molar-refractivity contribution in [2.75, 3.05) is 32.6 Å². The maximum Gasteiger partial charge on any atom is 0.251 e. The van der Waals surface area contributed by atoms with Gasteiger partial charge in [0.2, 0.25) is 11.7 Å². The van der Waals surface area contributed by atoms with E-state index in [0.29, 0.717) is 17.3 Å². The number of rotatable bonds is 5. The van der Waals surface area contributed by atoms with E-state index in [1.54, 1.807) is 0 Å². The lowest BCUT2D eigenvalue weighted by molar-refractivity contribution is 0.0938. The molecule has 0 saturated carbocycles. The number of aromatic nitrogens is 2. The van der Waals surface area contributed by atoms with Crippen LogP contribution in [-0.4, -0.2) is 54.7 Å². The predicted molar refractivity (Wildman–Crippen MR) is 129 cm³/mol. The topological polar surface area (TPSA) is 74.5 Å². The molecule has 1 aliphatic rings. The van der Waals surface area contributed by atoms with Gasteiger partial charge in [-0.25, -0.2) is 0 Å². The second kappa shape index (κ2) is 8.67. The average molecular weight is 442 g/mol. The molecule has 0 aliphatic carbocycles. The van der Waals surface area contributed by atoms with Crippen LogP contribution in [0.2, 0.25) is 0 Å². The molecule has 1 fully saturated rings. The van der Waals surface area contributed by atoms with Crippen molar-refractivity contribution in [3.63, 3.8) is 0 Å².